The molecule has 25 heavy (non-hydrogen) atoms. The lowest BCUT2D eigenvalue weighted by atomic mass is 9.82. The largest absolute Gasteiger partial charge is 0.385 e. The average Bonchev–Trinajstić information content (AvgIpc) is 3.21. The third kappa shape index (κ3) is 3.67. The Morgan fingerprint density at radius 2 is 2.20 bits per heavy atom. The zero-order valence-electron chi connectivity index (χ0n) is 14.7. The molecular formula is C18H24N4O2S. The smallest absolute Gasteiger partial charge is 0.230 e. The van der Waals surface area contributed by atoms with Crippen LogP contribution in [-0.2, 0) is 9.53 Å². The summed E-state index contributed by atoms with van der Waals surface area (Å²) in [5.41, 5.74) is 1.34. The zero-order chi connectivity index (χ0) is 17.9. The quantitative estimate of drug-likeness (QED) is 0.769. The average molecular weight is 360 g/mol. The fraction of sp³-hybridized carbons (Fsp3) is 0.500. The first-order valence-corrected chi connectivity index (χ1v) is 9.01. The van der Waals surface area contributed by atoms with Gasteiger partial charge in [-0.05, 0) is 56.6 Å². The van der Waals surface area contributed by atoms with E-state index in [-0.39, 0.29) is 11.3 Å². The second-order valence-electron chi connectivity index (χ2n) is 6.65. The summed E-state index contributed by atoms with van der Waals surface area (Å²) in [6.45, 7) is 2.49. The van der Waals surface area contributed by atoms with Gasteiger partial charge in [-0.1, -0.05) is 18.9 Å². The molecule has 0 saturated heterocycles. The van der Waals surface area contributed by atoms with Crippen LogP contribution in [0.1, 0.15) is 37.9 Å². The fourth-order valence-corrected chi connectivity index (χ4v) is 3.89. The summed E-state index contributed by atoms with van der Waals surface area (Å²) < 4.78 is 7.60. The van der Waals surface area contributed by atoms with E-state index in [1.165, 1.54) is 0 Å². The molecule has 0 atom stereocenters. The van der Waals surface area contributed by atoms with Gasteiger partial charge in [0.1, 0.15) is 5.82 Å². The lowest BCUT2D eigenvalue weighted by Crippen LogP contribution is -2.35. The van der Waals surface area contributed by atoms with Crippen LogP contribution in [0.5, 0.6) is 0 Å². The van der Waals surface area contributed by atoms with E-state index in [9.17, 15) is 4.79 Å². The Morgan fingerprint density at radius 1 is 1.44 bits per heavy atom. The Hall–Kier alpha value is -1.99. The molecule has 1 heterocycles. The van der Waals surface area contributed by atoms with Gasteiger partial charge in [0.15, 0.2) is 4.77 Å². The Kier molecular flexibility index (Phi) is 5.34. The molecule has 134 valence electrons. The lowest BCUT2D eigenvalue weighted by Gasteiger charge is -2.27. The number of nitrogens with zero attached hydrogens (tertiary/aromatic N) is 2. The number of benzene rings is 1. The van der Waals surface area contributed by atoms with Gasteiger partial charge in [-0.3, -0.25) is 14.5 Å². The van der Waals surface area contributed by atoms with Gasteiger partial charge in [-0.2, -0.15) is 5.10 Å². The molecule has 7 heteroatoms. The van der Waals surface area contributed by atoms with Crippen molar-refractivity contribution in [2.75, 3.05) is 19.0 Å². The van der Waals surface area contributed by atoms with Crippen molar-refractivity contribution in [1.82, 2.24) is 14.8 Å². The number of amides is 1. The number of aryl methyl sites for hydroxylation is 1. The maximum atomic E-state index is 13.0. The topological polar surface area (TPSA) is 71.9 Å². The van der Waals surface area contributed by atoms with Crippen molar-refractivity contribution >= 4 is 23.8 Å². The van der Waals surface area contributed by atoms with Gasteiger partial charge in [0.25, 0.3) is 0 Å². The van der Waals surface area contributed by atoms with Gasteiger partial charge >= 0.3 is 0 Å². The molecule has 0 bridgehead atoms. The molecule has 1 aromatic carbocycles. The molecule has 6 nitrogen and oxygen atoms in total. The molecule has 1 saturated carbocycles. The number of hydrogen-bond acceptors (Lipinski definition) is 4. The van der Waals surface area contributed by atoms with Crippen molar-refractivity contribution in [3.63, 3.8) is 0 Å². The SMILES string of the molecule is COCCC1(C(=O)Nc2cccc(-n3c(C)n[nH]c3=S)c2)CCCC1. The normalized spacial score (nSPS) is 16.1. The number of carbonyl (C=O) groups excluding carboxylic acids is 1. The van der Waals surface area contributed by atoms with E-state index in [4.69, 9.17) is 17.0 Å². The highest BCUT2D eigenvalue weighted by Gasteiger charge is 2.40. The summed E-state index contributed by atoms with van der Waals surface area (Å²) >= 11 is 5.28. The summed E-state index contributed by atoms with van der Waals surface area (Å²) in [6, 6.07) is 7.69. The highest BCUT2D eigenvalue weighted by Crippen LogP contribution is 2.42. The van der Waals surface area contributed by atoms with Crippen molar-refractivity contribution in [3.8, 4) is 5.69 Å². The van der Waals surface area contributed by atoms with Crippen LogP contribution >= 0.6 is 12.2 Å². The first kappa shape index (κ1) is 17.8. The maximum Gasteiger partial charge on any atom is 0.230 e. The summed E-state index contributed by atoms with van der Waals surface area (Å²) in [7, 11) is 1.68. The van der Waals surface area contributed by atoms with Crippen LogP contribution in [0, 0.1) is 17.1 Å². The zero-order valence-corrected chi connectivity index (χ0v) is 15.5. The maximum absolute atomic E-state index is 13.0. The Morgan fingerprint density at radius 3 is 2.84 bits per heavy atom. The summed E-state index contributed by atoms with van der Waals surface area (Å²) in [5, 5.41) is 10.0. The van der Waals surface area contributed by atoms with Crippen LogP contribution in [0.25, 0.3) is 5.69 Å². The van der Waals surface area contributed by atoms with E-state index < -0.39 is 0 Å². The van der Waals surface area contributed by atoms with E-state index in [0.29, 0.717) is 11.4 Å². The molecule has 0 spiro atoms. The summed E-state index contributed by atoms with van der Waals surface area (Å²) in [6.07, 6.45) is 4.81. The number of carbonyl (C=O) groups is 1. The van der Waals surface area contributed by atoms with E-state index in [1.807, 2.05) is 35.8 Å². The molecular weight excluding hydrogens is 336 g/mol. The first-order chi connectivity index (χ1) is 12.1. The number of H-pyrrole nitrogens is 1. The molecule has 1 aliphatic rings. The van der Waals surface area contributed by atoms with Gasteiger partial charge in [0, 0.05) is 19.4 Å². The molecule has 1 aliphatic carbocycles. The Balaban J connectivity index is 1.82. The van der Waals surface area contributed by atoms with Crippen molar-refractivity contribution in [2.24, 2.45) is 5.41 Å². The summed E-state index contributed by atoms with van der Waals surface area (Å²) in [4.78, 5) is 13.0. The molecule has 3 rings (SSSR count). The number of aromatic amines is 1. The van der Waals surface area contributed by atoms with E-state index >= 15 is 0 Å². The van der Waals surface area contributed by atoms with Crippen LogP contribution in [0.3, 0.4) is 0 Å². The van der Waals surface area contributed by atoms with Crippen LogP contribution in [0.2, 0.25) is 0 Å². The standard InChI is InChI=1S/C18H24N4O2S/c1-13-20-21-17(25)22(13)15-7-5-6-14(12-15)19-16(23)18(10-11-24-2)8-3-4-9-18/h5-7,12H,3-4,8-11H2,1-2H3,(H,19,23)(H,21,25). The van der Waals surface area contributed by atoms with E-state index in [2.05, 4.69) is 15.5 Å². The summed E-state index contributed by atoms with van der Waals surface area (Å²) in [5.74, 6) is 0.868. The van der Waals surface area contributed by atoms with Gasteiger partial charge in [0.2, 0.25) is 5.91 Å². The van der Waals surface area contributed by atoms with Gasteiger partial charge in [-0.25, -0.2) is 0 Å². The van der Waals surface area contributed by atoms with Crippen LogP contribution in [0.15, 0.2) is 24.3 Å². The molecule has 2 aromatic rings. The molecule has 1 aromatic heterocycles. The molecule has 2 N–H and O–H groups in total. The molecule has 0 radical (unpaired) electrons. The predicted molar refractivity (Wildman–Crippen MR) is 99.5 cm³/mol. The Labute approximate surface area is 152 Å². The minimum absolute atomic E-state index is 0.0895. The Bertz CT molecular complexity index is 805. The van der Waals surface area contributed by atoms with Gasteiger partial charge < -0.3 is 10.1 Å². The minimum Gasteiger partial charge on any atom is -0.385 e. The molecule has 0 aliphatic heterocycles. The number of nitrogens with one attached hydrogen (secondary N) is 2. The monoisotopic (exact) mass is 360 g/mol. The first-order valence-electron chi connectivity index (χ1n) is 8.61. The molecule has 0 unspecified atom stereocenters. The highest BCUT2D eigenvalue weighted by molar-refractivity contribution is 7.71. The van der Waals surface area contributed by atoms with E-state index in [1.54, 1.807) is 7.11 Å². The number of ether oxygens (including phenoxy) is 1. The molecule has 1 amide bonds. The minimum atomic E-state index is -0.312. The van der Waals surface area contributed by atoms with Crippen LogP contribution in [-0.4, -0.2) is 34.4 Å². The lowest BCUT2D eigenvalue weighted by molar-refractivity contribution is -0.126. The van der Waals surface area contributed by atoms with Crippen molar-refractivity contribution in [1.29, 1.82) is 0 Å². The van der Waals surface area contributed by atoms with Crippen molar-refractivity contribution in [3.05, 3.63) is 34.9 Å². The van der Waals surface area contributed by atoms with Crippen molar-refractivity contribution in [2.45, 2.75) is 39.0 Å². The highest BCUT2D eigenvalue weighted by atomic mass is 32.1. The third-order valence-corrected chi connectivity index (χ3v) is 5.30. The van der Waals surface area contributed by atoms with Crippen molar-refractivity contribution < 1.29 is 9.53 Å². The molecule has 1 fully saturated rings. The second kappa shape index (κ2) is 7.49. The number of rotatable bonds is 6. The number of methoxy groups -OCH3 is 1. The van der Waals surface area contributed by atoms with Gasteiger partial charge in [0.05, 0.1) is 11.1 Å². The predicted octanol–water partition coefficient (Wildman–Crippen LogP) is 3.77. The van der Waals surface area contributed by atoms with Crippen LogP contribution < -0.4 is 5.32 Å². The van der Waals surface area contributed by atoms with E-state index in [0.717, 1.165) is 49.3 Å². The third-order valence-electron chi connectivity index (χ3n) is 5.03. The fourth-order valence-electron chi connectivity index (χ4n) is 3.61. The number of hydrogen-bond donors (Lipinski definition) is 2. The number of aromatic nitrogens is 3. The second-order valence-corrected chi connectivity index (χ2v) is 7.03. The van der Waals surface area contributed by atoms with Crippen LogP contribution in [0.4, 0.5) is 5.69 Å². The number of anilines is 1. The van der Waals surface area contributed by atoms with Gasteiger partial charge in [-0.15, -0.1) is 0 Å².